The number of aliphatic imine (C=N–C) groups is 1. The number of benzene rings is 1. The molecule has 3 heterocycles. The molecule has 0 amide bonds. The van der Waals surface area contributed by atoms with Crippen molar-refractivity contribution in [1.82, 2.24) is 15.5 Å². The summed E-state index contributed by atoms with van der Waals surface area (Å²) >= 11 is 0. The van der Waals surface area contributed by atoms with Gasteiger partial charge in [0, 0.05) is 23.5 Å². The molecule has 0 spiro atoms. The van der Waals surface area contributed by atoms with Crippen molar-refractivity contribution < 1.29 is 0 Å². The van der Waals surface area contributed by atoms with Crippen molar-refractivity contribution in [2.75, 3.05) is 13.1 Å². The van der Waals surface area contributed by atoms with Crippen LogP contribution in [0.1, 0.15) is 45.6 Å². The van der Waals surface area contributed by atoms with Gasteiger partial charge in [-0.25, -0.2) is 0 Å². The maximum absolute atomic E-state index is 5.78. The molecule has 1 saturated heterocycles. The first-order valence-corrected chi connectivity index (χ1v) is 11.7. The molecule has 32 heavy (non-hydrogen) atoms. The lowest BCUT2D eigenvalue weighted by Crippen LogP contribution is -2.41. The van der Waals surface area contributed by atoms with Gasteiger partial charge in [0.2, 0.25) is 7.28 Å². The first-order valence-electron chi connectivity index (χ1n) is 11.7. The van der Waals surface area contributed by atoms with Gasteiger partial charge in [-0.3, -0.25) is 10.1 Å². The second-order valence-corrected chi connectivity index (χ2v) is 8.94. The third-order valence-electron chi connectivity index (χ3n) is 6.90. The summed E-state index contributed by atoms with van der Waals surface area (Å²) in [7, 11) is 2.23. The van der Waals surface area contributed by atoms with E-state index in [9.17, 15) is 0 Å². The van der Waals surface area contributed by atoms with E-state index in [4.69, 9.17) is 11.6 Å². The third-order valence-corrected chi connectivity index (χ3v) is 6.90. The van der Waals surface area contributed by atoms with E-state index in [-0.39, 0.29) is 0 Å². The summed E-state index contributed by atoms with van der Waals surface area (Å²) < 4.78 is 0. The molecule has 1 fully saturated rings. The van der Waals surface area contributed by atoms with E-state index in [0.29, 0.717) is 11.8 Å². The van der Waals surface area contributed by atoms with Crippen molar-refractivity contribution >= 4 is 18.6 Å². The summed E-state index contributed by atoms with van der Waals surface area (Å²) in [5, 5.41) is 10.4. The fraction of sp³-hybridized carbons (Fsp3) is 0.423. The highest BCUT2D eigenvalue weighted by atomic mass is 15.1. The molecule has 2 aromatic rings. The molecule has 0 saturated carbocycles. The van der Waals surface area contributed by atoms with E-state index >= 15 is 0 Å². The number of hydrogen-bond acceptors (Lipinski definition) is 3. The quantitative estimate of drug-likeness (QED) is 0.585. The number of nitrogens with one attached hydrogen (secondary N) is 2. The van der Waals surface area contributed by atoms with Gasteiger partial charge in [-0.1, -0.05) is 37.9 Å². The van der Waals surface area contributed by atoms with E-state index in [0.717, 1.165) is 52.6 Å². The number of H-pyrrole nitrogens is 1. The second-order valence-electron chi connectivity index (χ2n) is 8.94. The molecule has 1 aromatic carbocycles. The van der Waals surface area contributed by atoms with Crippen LogP contribution in [-0.4, -0.2) is 36.2 Å². The van der Waals surface area contributed by atoms with Crippen molar-refractivity contribution in [2.24, 2.45) is 22.7 Å². The molecule has 2 N–H and O–H groups in total. The molecule has 0 bridgehead atoms. The first kappa shape index (κ1) is 22.3. The van der Waals surface area contributed by atoms with Crippen molar-refractivity contribution in [3.05, 3.63) is 64.3 Å². The Bertz CT molecular complexity index is 1050. The predicted octanol–water partition coefficient (Wildman–Crippen LogP) is 5.39. The standard InChI is InChI=1S/C26H32BN5/c1-5-6-21-14-29-12-11-23(21)17(2)26-27-24(18(3)32-26)13-25(28-4)20-9-7-19(8-10-20)22-15-30-31-16-22/h4,7-10,13,15-17,21,23,29H,5-6,11-12,14H2,1-3H3,(H,30,31)/q+1/b25-13-/t17?,21-,23-/m0/s1. The number of aromatic amines is 1. The summed E-state index contributed by atoms with van der Waals surface area (Å²) in [6.45, 7) is 14.7. The van der Waals surface area contributed by atoms with Gasteiger partial charge in [0.15, 0.2) is 0 Å². The average molecular weight is 425 g/mol. The van der Waals surface area contributed by atoms with Gasteiger partial charge < -0.3 is 5.32 Å². The Morgan fingerprint density at radius 3 is 2.81 bits per heavy atom. The van der Waals surface area contributed by atoms with E-state index in [2.05, 4.69) is 66.6 Å². The largest absolute Gasteiger partial charge is 0.346 e. The lowest BCUT2D eigenvalue weighted by Gasteiger charge is -2.36. The van der Waals surface area contributed by atoms with E-state index < -0.39 is 0 Å². The maximum atomic E-state index is 5.78. The maximum Gasteiger partial charge on any atom is 0.346 e. The van der Waals surface area contributed by atoms with Crippen LogP contribution in [0.5, 0.6) is 0 Å². The molecule has 1 unspecified atom stereocenters. The molecule has 2 aliphatic rings. The first-order chi connectivity index (χ1) is 15.6. The number of piperidine rings is 1. The zero-order valence-corrected chi connectivity index (χ0v) is 19.3. The summed E-state index contributed by atoms with van der Waals surface area (Å²) in [5.41, 5.74) is 7.21. The number of allylic oxidation sites excluding steroid dienone is 3. The Labute approximate surface area is 192 Å². The summed E-state index contributed by atoms with van der Waals surface area (Å²) in [6, 6.07) is 8.22. The molecule has 3 atom stereocenters. The highest BCUT2D eigenvalue weighted by Gasteiger charge is 2.33. The molecule has 1 radical (unpaired) electrons. The van der Waals surface area contributed by atoms with Crippen LogP contribution in [0, 0.1) is 24.3 Å². The van der Waals surface area contributed by atoms with Crippen LogP contribution in [0.4, 0.5) is 0 Å². The van der Waals surface area contributed by atoms with Crippen LogP contribution in [0.15, 0.2) is 58.9 Å². The molecule has 5 nitrogen and oxygen atoms in total. The molecule has 1 aromatic heterocycles. The molecule has 6 heteroatoms. The van der Waals surface area contributed by atoms with Crippen LogP contribution in [0.25, 0.3) is 21.7 Å². The van der Waals surface area contributed by atoms with Gasteiger partial charge in [-0.05, 0) is 78.8 Å². The molecule has 0 aliphatic carbocycles. The Hall–Kier alpha value is -2.91. The van der Waals surface area contributed by atoms with Crippen LogP contribution >= 0.6 is 0 Å². The smallest absolute Gasteiger partial charge is 0.316 e. The number of aromatic nitrogens is 2. The second kappa shape index (κ2) is 10.1. The van der Waals surface area contributed by atoms with Gasteiger partial charge in [0.05, 0.1) is 11.8 Å². The minimum Gasteiger partial charge on any atom is -0.316 e. The van der Waals surface area contributed by atoms with Crippen molar-refractivity contribution in [1.29, 1.82) is 0 Å². The van der Waals surface area contributed by atoms with Crippen molar-refractivity contribution in [3.8, 4) is 17.7 Å². The normalized spacial score (nSPS) is 22.3. The van der Waals surface area contributed by atoms with Gasteiger partial charge in [-0.2, -0.15) is 5.10 Å². The van der Waals surface area contributed by atoms with Crippen molar-refractivity contribution in [3.63, 3.8) is 0 Å². The minimum absolute atomic E-state index is 0.446. The van der Waals surface area contributed by atoms with Gasteiger partial charge >= 0.3 is 5.70 Å². The average Bonchev–Trinajstić information content (AvgIpc) is 3.48. The molecule has 163 valence electrons. The lowest BCUT2D eigenvalue weighted by atomic mass is 9.58. The van der Waals surface area contributed by atoms with Crippen LogP contribution in [0.3, 0.4) is 0 Å². The molecular weight excluding hydrogens is 393 g/mol. The molecule has 4 rings (SSSR count). The van der Waals surface area contributed by atoms with E-state index in [1.807, 2.05) is 24.5 Å². The Kier molecular flexibility index (Phi) is 7.07. The number of hydrogen-bond donors (Lipinski definition) is 2. The highest BCUT2D eigenvalue weighted by molar-refractivity contribution is 6.83. The van der Waals surface area contributed by atoms with Crippen LogP contribution in [0.2, 0.25) is 0 Å². The van der Waals surface area contributed by atoms with Crippen LogP contribution in [-0.2, 0) is 0 Å². The van der Waals surface area contributed by atoms with Gasteiger partial charge in [0.1, 0.15) is 0 Å². The molecular formula is C26H32BN5+. The topological polar surface area (TPSA) is 57.4 Å². The summed E-state index contributed by atoms with van der Waals surface area (Å²) in [4.78, 5) is 9.03. The Morgan fingerprint density at radius 1 is 1.31 bits per heavy atom. The Balaban J connectivity index is 1.48. The van der Waals surface area contributed by atoms with Crippen LogP contribution < -0.4 is 5.32 Å². The van der Waals surface area contributed by atoms with E-state index in [1.54, 1.807) is 0 Å². The van der Waals surface area contributed by atoms with E-state index in [1.165, 1.54) is 24.9 Å². The summed E-state index contributed by atoms with van der Waals surface area (Å²) in [6.07, 6.45) is 9.48. The van der Waals surface area contributed by atoms with Gasteiger partial charge in [0.25, 0.3) is 6.57 Å². The Morgan fingerprint density at radius 2 is 2.12 bits per heavy atom. The fourth-order valence-electron chi connectivity index (χ4n) is 5.03. The summed E-state index contributed by atoms with van der Waals surface area (Å²) in [5.74, 6) is 1.85. The SMILES string of the molecule is C#[N+]/C(=C\C1=C(C)N=C(C(C)[C@@H]2CCNC[C@@H]2CCC)[B]1)c1ccc(-c2cn[nH]c2)cc1. The predicted molar refractivity (Wildman–Crippen MR) is 135 cm³/mol. The minimum atomic E-state index is 0.446. The third kappa shape index (κ3) is 4.79. The number of nitrogens with zero attached hydrogens (tertiary/aromatic N) is 3. The van der Waals surface area contributed by atoms with Gasteiger partial charge in [-0.15, -0.1) is 0 Å². The fourth-order valence-corrected chi connectivity index (χ4v) is 5.03. The lowest BCUT2D eigenvalue weighted by molar-refractivity contribution is 0.207. The zero-order valence-electron chi connectivity index (χ0n) is 19.3. The molecule has 2 aliphatic heterocycles. The number of rotatable bonds is 7. The van der Waals surface area contributed by atoms with Crippen molar-refractivity contribution in [2.45, 2.75) is 40.0 Å². The zero-order chi connectivity index (χ0) is 22.5. The highest BCUT2D eigenvalue weighted by Crippen LogP contribution is 2.34. The monoisotopic (exact) mass is 425 g/mol.